The van der Waals surface area contributed by atoms with Crippen molar-refractivity contribution in [3.8, 4) is 11.8 Å². The van der Waals surface area contributed by atoms with E-state index in [4.69, 9.17) is 4.74 Å². The van der Waals surface area contributed by atoms with Crippen LogP contribution in [-0.4, -0.2) is 26.0 Å². The Hall–Kier alpha value is -3.16. The molecule has 2 aromatic rings. The summed E-state index contributed by atoms with van der Waals surface area (Å²) in [6, 6.07) is 12.0. The van der Waals surface area contributed by atoms with Crippen LogP contribution in [0, 0.1) is 11.3 Å². The van der Waals surface area contributed by atoms with E-state index in [1.165, 1.54) is 5.57 Å². The van der Waals surface area contributed by atoms with E-state index in [-0.39, 0.29) is 11.2 Å². The number of allylic oxidation sites excluding steroid dienone is 2. The largest absolute Gasteiger partial charge is 0.496 e. The molecule has 3 aliphatic rings. The van der Waals surface area contributed by atoms with Gasteiger partial charge in [0.25, 0.3) is 0 Å². The van der Waals surface area contributed by atoms with E-state index in [2.05, 4.69) is 37.4 Å². The van der Waals surface area contributed by atoms with Gasteiger partial charge in [-0.3, -0.25) is 4.79 Å². The van der Waals surface area contributed by atoms with Crippen LogP contribution in [0.15, 0.2) is 42.0 Å². The fourth-order valence-electron chi connectivity index (χ4n) is 5.16. The number of nitrogens with one attached hydrogen (secondary N) is 1. The minimum atomic E-state index is -0.279. The van der Waals surface area contributed by atoms with Gasteiger partial charge in [0.2, 0.25) is 0 Å². The molecule has 2 aromatic carbocycles. The monoisotopic (exact) mass is 396 g/mol. The van der Waals surface area contributed by atoms with Crippen molar-refractivity contribution in [3.05, 3.63) is 75.4 Å². The number of benzene rings is 2. The van der Waals surface area contributed by atoms with Gasteiger partial charge in [0.15, 0.2) is 5.78 Å². The van der Waals surface area contributed by atoms with Crippen LogP contribution in [0.25, 0.3) is 11.1 Å². The lowest BCUT2D eigenvalue weighted by atomic mass is 9.67. The van der Waals surface area contributed by atoms with Crippen LogP contribution < -0.4 is 10.1 Å². The van der Waals surface area contributed by atoms with Gasteiger partial charge in [-0.15, -0.1) is 0 Å². The molecule has 4 nitrogen and oxygen atoms in total. The highest BCUT2D eigenvalue weighted by atomic mass is 16.5. The van der Waals surface area contributed by atoms with E-state index >= 15 is 0 Å². The zero-order valence-electron chi connectivity index (χ0n) is 17.6. The Balaban J connectivity index is 1.70. The molecule has 0 radical (unpaired) electrons. The Morgan fingerprint density at radius 3 is 2.67 bits per heavy atom. The molecule has 0 aromatic heterocycles. The van der Waals surface area contributed by atoms with Gasteiger partial charge < -0.3 is 10.1 Å². The van der Waals surface area contributed by atoms with Gasteiger partial charge >= 0.3 is 0 Å². The van der Waals surface area contributed by atoms with Gasteiger partial charge in [0.1, 0.15) is 5.75 Å². The Morgan fingerprint density at radius 2 is 1.97 bits per heavy atom. The summed E-state index contributed by atoms with van der Waals surface area (Å²) in [4.78, 5) is 13.7. The van der Waals surface area contributed by atoms with Crippen LogP contribution in [0.4, 0.5) is 0 Å². The second kappa shape index (κ2) is 6.68. The van der Waals surface area contributed by atoms with Gasteiger partial charge in [-0.05, 0) is 71.5 Å². The molecule has 0 saturated heterocycles. The Bertz CT molecular complexity index is 1210. The second-order valence-electron chi connectivity index (χ2n) is 8.75. The molecule has 0 saturated carbocycles. The number of nitrogens with zero attached hydrogens (tertiary/aromatic N) is 1. The fraction of sp³-hybridized carbons (Fsp3) is 0.308. The van der Waals surface area contributed by atoms with Crippen LogP contribution in [0.3, 0.4) is 0 Å². The molecule has 5 rings (SSSR count). The second-order valence-corrected chi connectivity index (χ2v) is 8.75. The van der Waals surface area contributed by atoms with Gasteiger partial charge in [0.05, 0.1) is 18.7 Å². The highest BCUT2D eigenvalue weighted by molar-refractivity contribution is 6.33. The van der Waals surface area contributed by atoms with Crippen molar-refractivity contribution in [1.29, 1.82) is 5.26 Å². The van der Waals surface area contributed by atoms with Crippen molar-refractivity contribution < 1.29 is 9.53 Å². The molecule has 30 heavy (non-hydrogen) atoms. The number of ether oxygens (including phenoxy) is 1. The minimum absolute atomic E-state index is 0.0620. The molecule has 150 valence electrons. The summed E-state index contributed by atoms with van der Waals surface area (Å²) in [5.41, 5.74) is 8.51. The third-order valence-electron chi connectivity index (χ3n) is 6.82. The van der Waals surface area contributed by atoms with Gasteiger partial charge in [-0.2, -0.15) is 5.26 Å². The number of methoxy groups -OCH3 is 1. The van der Waals surface area contributed by atoms with E-state index in [0.29, 0.717) is 12.0 Å². The molecule has 4 heteroatoms. The minimum Gasteiger partial charge on any atom is -0.496 e. The zero-order valence-corrected chi connectivity index (χ0v) is 17.6. The lowest BCUT2D eigenvalue weighted by Crippen LogP contribution is -2.30. The molecular weight excluding hydrogens is 372 g/mol. The smallest absolute Gasteiger partial charge is 0.194 e. The van der Waals surface area contributed by atoms with Crippen LogP contribution in [0.2, 0.25) is 0 Å². The van der Waals surface area contributed by atoms with Crippen LogP contribution in [0.1, 0.15) is 58.4 Å². The standard InChI is InChI=1S/C26H24N2O2/c1-26(2)21-12-19(16-6-8-28-9-7-16)23(30-3)13-20(21)25(29)24-18-5-4-15(14-27)10-17(18)11-22(24)26/h4-6,10,12-13,28H,7-9,11H2,1-3H3. The Kier molecular flexibility index (Phi) is 4.20. The van der Waals surface area contributed by atoms with Crippen molar-refractivity contribution in [3.63, 3.8) is 0 Å². The van der Waals surface area contributed by atoms with Crippen molar-refractivity contribution in [2.24, 2.45) is 0 Å². The maximum atomic E-state index is 13.7. The molecule has 0 spiro atoms. The number of ketones is 1. The van der Waals surface area contributed by atoms with Crippen molar-refractivity contribution in [2.45, 2.75) is 32.1 Å². The van der Waals surface area contributed by atoms with E-state index in [1.807, 2.05) is 18.2 Å². The molecule has 2 aliphatic carbocycles. The number of hydrogen-bond acceptors (Lipinski definition) is 4. The molecule has 0 fully saturated rings. The maximum Gasteiger partial charge on any atom is 0.194 e. The summed E-state index contributed by atoms with van der Waals surface area (Å²) < 4.78 is 5.73. The summed E-state index contributed by atoms with van der Waals surface area (Å²) in [7, 11) is 1.67. The molecular formula is C26H24N2O2. The van der Waals surface area contributed by atoms with Crippen LogP contribution >= 0.6 is 0 Å². The number of carbonyl (C=O) groups is 1. The number of Topliss-reactive ketones (excluding diaryl/α,β-unsaturated/α-hetero) is 1. The first-order valence-electron chi connectivity index (χ1n) is 10.4. The molecule has 1 aliphatic heterocycles. The summed E-state index contributed by atoms with van der Waals surface area (Å²) in [5.74, 6) is 0.820. The summed E-state index contributed by atoms with van der Waals surface area (Å²) >= 11 is 0. The van der Waals surface area contributed by atoms with E-state index in [1.54, 1.807) is 13.2 Å². The van der Waals surface area contributed by atoms with Crippen molar-refractivity contribution >= 4 is 16.9 Å². The number of hydrogen-bond donors (Lipinski definition) is 1. The molecule has 1 N–H and O–H groups in total. The number of fused-ring (bicyclic) bond motifs is 3. The number of carbonyl (C=O) groups excluding carboxylic acids is 1. The fourth-order valence-corrected chi connectivity index (χ4v) is 5.16. The molecule has 0 atom stereocenters. The zero-order chi connectivity index (χ0) is 21.0. The third kappa shape index (κ3) is 2.59. The molecule has 0 unspecified atom stereocenters. The summed E-state index contributed by atoms with van der Waals surface area (Å²) in [5, 5.41) is 12.6. The lowest BCUT2D eigenvalue weighted by Gasteiger charge is -2.35. The van der Waals surface area contributed by atoms with E-state index in [9.17, 15) is 10.1 Å². The number of nitriles is 1. The Labute approximate surface area is 176 Å². The predicted octanol–water partition coefficient (Wildman–Crippen LogP) is 4.43. The first-order valence-corrected chi connectivity index (χ1v) is 10.4. The first-order chi connectivity index (χ1) is 14.5. The topological polar surface area (TPSA) is 62.1 Å². The van der Waals surface area contributed by atoms with Crippen LogP contribution in [0.5, 0.6) is 5.75 Å². The SMILES string of the molecule is COc1cc2c(cc1C1=CCNCC1)C(C)(C)C1=C(C2=O)c2ccc(C#N)cc2C1. The quantitative estimate of drug-likeness (QED) is 0.816. The highest BCUT2D eigenvalue weighted by Crippen LogP contribution is 2.51. The number of rotatable bonds is 2. The van der Waals surface area contributed by atoms with Gasteiger partial charge in [-0.1, -0.05) is 26.0 Å². The lowest BCUT2D eigenvalue weighted by molar-refractivity contribution is 0.105. The van der Waals surface area contributed by atoms with Crippen LogP contribution in [-0.2, 0) is 11.8 Å². The van der Waals surface area contributed by atoms with E-state index < -0.39 is 0 Å². The third-order valence-corrected chi connectivity index (χ3v) is 6.82. The van der Waals surface area contributed by atoms with Crippen molar-refractivity contribution in [1.82, 2.24) is 5.32 Å². The Morgan fingerprint density at radius 1 is 1.13 bits per heavy atom. The molecule has 0 bridgehead atoms. The molecule has 0 amide bonds. The summed E-state index contributed by atoms with van der Waals surface area (Å²) in [6.07, 6.45) is 3.87. The molecule has 1 heterocycles. The maximum absolute atomic E-state index is 13.7. The van der Waals surface area contributed by atoms with Crippen molar-refractivity contribution in [2.75, 3.05) is 20.2 Å². The van der Waals surface area contributed by atoms with Gasteiger partial charge in [-0.25, -0.2) is 0 Å². The van der Waals surface area contributed by atoms with Gasteiger partial charge in [0, 0.05) is 28.7 Å². The summed E-state index contributed by atoms with van der Waals surface area (Å²) in [6.45, 7) is 6.21. The highest BCUT2D eigenvalue weighted by Gasteiger charge is 2.43. The normalized spacial score (nSPS) is 18.9. The van der Waals surface area contributed by atoms with E-state index in [0.717, 1.165) is 64.2 Å². The first kappa shape index (κ1) is 18.8. The predicted molar refractivity (Wildman–Crippen MR) is 118 cm³/mol. The average molecular weight is 396 g/mol. The average Bonchev–Trinajstić information content (AvgIpc) is 3.17.